The number of pyridine rings is 1. The van der Waals surface area contributed by atoms with Crippen LogP contribution in [0.3, 0.4) is 0 Å². The molecule has 0 aliphatic rings. The summed E-state index contributed by atoms with van der Waals surface area (Å²) in [5, 5.41) is 8.81. The summed E-state index contributed by atoms with van der Waals surface area (Å²) in [6.07, 6.45) is -6.66. The number of nitrogens with zero attached hydrogens (tertiary/aromatic N) is 1. The number of aliphatic hydroxyl groups is 1. The van der Waals surface area contributed by atoms with Gasteiger partial charge in [0.15, 0.2) is 6.10 Å². The first-order chi connectivity index (χ1) is 6.34. The molecule has 6 heteroatoms. The molecule has 0 aliphatic heterocycles. The van der Waals surface area contributed by atoms with Crippen LogP contribution < -0.4 is 0 Å². The Bertz CT molecular complexity index is 316. The first-order valence-corrected chi connectivity index (χ1v) is 3.70. The molecule has 2 nitrogen and oxygen atoms in total. The van der Waals surface area contributed by atoms with Crippen molar-refractivity contribution >= 4 is 0 Å². The highest BCUT2D eigenvalue weighted by Gasteiger charge is 2.41. The lowest BCUT2D eigenvalue weighted by molar-refractivity contribution is -0.207. The van der Waals surface area contributed by atoms with E-state index in [2.05, 4.69) is 4.98 Å². The number of hydrogen-bond donors (Lipinski definition) is 1. The van der Waals surface area contributed by atoms with Crippen LogP contribution in [0, 0.1) is 12.9 Å². The molecule has 1 aromatic heterocycles. The van der Waals surface area contributed by atoms with Gasteiger partial charge in [-0.3, -0.25) is 0 Å². The van der Waals surface area contributed by atoms with Gasteiger partial charge in [-0.05, 0) is 18.6 Å². The van der Waals surface area contributed by atoms with Gasteiger partial charge in [0.1, 0.15) is 0 Å². The lowest BCUT2D eigenvalue weighted by Crippen LogP contribution is -2.22. The van der Waals surface area contributed by atoms with Crippen LogP contribution in [-0.4, -0.2) is 16.3 Å². The largest absolute Gasteiger partial charge is 0.418 e. The van der Waals surface area contributed by atoms with E-state index in [0.717, 1.165) is 6.20 Å². The predicted molar refractivity (Wildman–Crippen MR) is 39.9 cm³/mol. The molecule has 0 bridgehead atoms. The van der Waals surface area contributed by atoms with Crippen LogP contribution in [0.15, 0.2) is 12.3 Å². The van der Waals surface area contributed by atoms with Crippen LogP contribution in [0.2, 0.25) is 0 Å². The minimum absolute atomic E-state index is 0.0160. The molecule has 1 unspecified atom stereocenters. The number of alkyl halides is 3. The zero-order valence-corrected chi connectivity index (χ0v) is 7.14. The van der Waals surface area contributed by atoms with Crippen molar-refractivity contribution in [2.45, 2.75) is 19.2 Å². The van der Waals surface area contributed by atoms with Gasteiger partial charge in [-0.25, -0.2) is 4.98 Å². The Morgan fingerprint density at radius 1 is 1.43 bits per heavy atom. The highest BCUT2D eigenvalue weighted by molar-refractivity contribution is 5.26. The van der Waals surface area contributed by atoms with E-state index >= 15 is 0 Å². The van der Waals surface area contributed by atoms with E-state index in [9.17, 15) is 17.6 Å². The zero-order chi connectivity index (χ0) is 10.9. The molecule has 1 rings (SSSR count). The molecule has 0 radical (unpaired) electrons. The fourth-order valence-corrected chi connectivity index (χ4v) is 1.03. The van der Waals surface area contributed by atoms with E-state index in [1.165, 1.54) is 13.0 Å². The third-order valence-corrected chi connectivity index (χ3v) is 1.74. The molecule has 0 aliphatic carbocycles. The zero-order valence-electron chi connectivity index (χ0n) is 7.14. The van der Waals surface area contributed by atoms with Gasteiger partial charge >= 0.3 is 6.18 Å². The molecule has 1 heterocycles. The molecule has 0 aromatic carbocycles. The molecular weight excluding hydrogens is 202 g/mol. The second-order valence-corrected chi connectivity index (χ2v) is 2.78. The van der Waals surface area contributed by atoms with Gasteiger partial charge in [0.05, 0.1) is 0 Å². The number of aromatic nitrogens is 1. The Hall–Kier alpha value is -1.17. The van der Waals surface area contributed by atoms with Crippen molar-refractivity contribution < 1.29 is 22.7 Å². The molecule has 1 atom stereocenters. The highest BCUT2D eigenvalue weighted by atomic mass is 19.4. The lowest BCUT2D eigenvalue weighted by Gasteiger charge is -2.16. The smallest absolute Gasteiger partial charge is 0.379 e. The van der Waals surface area contributed by atoms with Crippen molar-refractivity contribution in [3.63, 3.8) is 0 Å². The number of rotatable bonds is 1. The van der Waals surface area contributed by atoms with E-state index in [0.29, 0.717) is 0 Å². The van der Waals surface area contributed by atoms with Gasteiger partial charge in [-0.1, -0.05) is 0 Å². The van der Waals surface area contributed by atoms with Crippen LogP contribution >= 0.6 is 0 Å². The molecule has 0 saturated heterocycles. The van der Waals surface area contributed by atoms with Crippen LogP contribution in [0.1, 0.15) is 17.2 Å². The molecule has 0 fully saturated rings. The number of hydrogen-bond acceptors (Lipinski definition) is 2. The van der Waals surface area contributed by atoms with Crippen LogP contribution in [0.5, 0.6) is 0 Å². The molecule has 78 valence electrons. The lowest BCUT2D eigenvalue weighted by atomic mass is 10.1. The average Bonchev–Trinajstić information content (AvgIpc) is 2.01. The first-order valence-electron chi connectivity index (χ1n) is 3.70. The summed E-state index contributed by atoms with van der Waals surface area (Å²) in [5.41, 5.74) is -0.803. The molecule has 1 aromatic rings. The first kappa shape index (κ1) is 10.9. The van der Waals surface area contributed by atoms with Gasteiger partial charge in [-0.15, -0.1) is 0 Å². The topological polar surface area (TPSA) is 33.1 Å². The Morgan fingerprint density at radius 2 is 2.00 bits per heavy atom. The standard InChI is InChI=1S/C8H7F4NO/c1-4-2-3-13-7(9)5(4)6(14)8(10,11)12/h2-3,6,14H,1H3. The molecule has 0 spiro atoms. The van der Waals surface area contributed by atoms with Crippen LogP contribution in [0.25, 0.3) is 0 Å². The predicted octanol–water partition coefficient (Wildman–Crippen LogP) is 2.12. The van der Waals surface area contributed by atoms with E-state index in [1.54, 1.807) is 0 Å². The summed E-state index contributed by atoms with van der Waals surface area (Å²) < 4.78 is 49.0. The summed E-state index contributed by atoms with van der Waals surface area (Å²) in [6.45, 7) is 1.27. The van der Waals surface area contributed by atoms with Crippen LogP contribution in [0.4, 0.5) is 17.6 Å². The fourth-order valence-electron chi connectivity index (χ4n) is 1.03. The Morgan fingerprint density at radius 3 is 2.43 bits per heavy atom. The van der Waals surface area contributed by atoms with Crippen molar-refractivity contribution in [1.82, 2.24) is 4.98 Å². The normalized spacial score (nSPS) is 14.1. The van der Waals surface area contributed by atoms with Gasteiger partial charge in [0.25, 0.3) is 0 Å². The quantitative estimate of drug-likeness (QED) is 0.567. The highest BCUT2D eigenvalue weighted by Crippen LogP contribution is 2.34. The summed E-state index contributed by atoms with van der Waals surface area (Å²) in [6, 6.07) is 1.20. The van der Waals surface area contributed by atoms with Crippen molar-refractivity contribution in [3.8, 4) is 0 Å². The Kier molecular flexibility index (Phi) is 2.75. The summed E-state index contributed by atoms with van der Waals surface area (Å²) >= 11 is 0. The average molecular weight is 209 g/mol. The van der Waals surface area contributed by atoms with Gasteiger partial charge < -0.3 is 5.11 Å². The number of aryl methyl sites for hydroxylation is 1. The summed E-state index contributed by atoms with van der Waals surface area (Å²) in [4.78, 5) is 3.05. The maximum atomic E-state index is 12.9. The van der Waals surface area contributed by atoms with Gasteiger partial charge in [0.2, 0.25) is 5.95 Å². The minimum atomic E-state index is -4.88. The van der Waals surface area contributed by atoms with Crippen molar-refractivity contribution in [1.29, 1.82) is 0 Å². The fraction of sp³-hybridized carbons (Fsp3) is 0.375. The molecule has 1 N–H and O–H groups in total. The van der Waals surface area contributed by atoms with E-state index in [4.69, 9.17) is 5.11 Å². The van der Waals surface area contributed by atoms with E-state index < -0.39 is 23.8 Å². The van der Waals surface area contributed by atoms with Crippen molar-refractivity contribution in [2.75, 3.05) is 0 Å². The van der Waals surface area contributed by atoms with Crippen LogP contribution in [-0.2, 0) is 0 Å². The third-order valence-electron chi connectivity index (χ3n) is 1.74. The van der Waals surface area contributed by atoms with Crippen molar-refractivity contribution in [2.24, 2.45) is 0 Å². The van der Waals surface area contributed by atoms with Crippen molar-refractivity contribution in [3.05, 3.63) is 29.3 Å². The number of halogens is 4. The molecule has 14 heavy (non-hydrogen) atoms. The van der Waals surface area contributed by atoms with E-state index in [-0.39, 0.29) is 5.56 Å². The third kappa shape index (κ3) is 2.01. The Labute approximate surface area is 77.2 Å². The second kappa shape index (κ2) is 3.53. The van der Waals surface area contributed by atoms with E-state index in [1.807, 2.05) is 0 Å². The number of aliphatic hydroxyl groups excluding tert-OH is 1. The molecular formula is C8H7F4NO. The van der Waals surface area contributed by atoms with Gasteiger partial charge in [-0.2, -0.15) is 17.6 Å². The summed E-state index contributed by atoms with van der Waals surface area (Å²) in [5.74, 6) is -1.30. The molecule has 0 saturated carbocycles. The summed E-state index contributed by atoms with van der Waals surface area (Å²) in [7, 11) is 0. The molecule has 0 amide bonds. The Balaban J connectivity index is 3.19. The SMILES string of the molecule is Cc1ccnc(F)c1C(O)C(F)(F)F. The minimum Gasteiger partial charge on any atom is -0.379 e. The van der Waals surface area contributed by atoms with Gasteiger partial charge in [0, 0.05) is 11.8 Å². The second-order valence-electron chi connectivity index (χ2n) is 2.78. The maximum Gasteiger partial charge on any atom is 0.418 e. The maximum absolute atomic E-state index is 12.9. The monoisotopic (exact) mass is 209 g/mol.